The molecule has 57 heavy (non-hydrogen) atoms. The summed E-state index contributed by atoms with van der Waals surface area (Å²) in [6.45, 7) is 27.4. The molecule has 0 N–H and O–H groups in total. The Hall–Kier alpha value is -5.61. The lowest BCUT2D eigenvalue weighted by Crippen LogP contribution is -2.31. The van der Waals surface area contributed by atoms with E-state index in [0.717, 1.165) is 45.1 Å². The van der Waals surface area contributed by atoms with Crippen molar-refractivity contribution in [3.63, 3.8) is 0 Å². The van der Waals surface area contributed by atoms with E-state index in [2.05, 4.69) is 224 Å². The molecule has 2 heterocycles. The summed E-state index contributed by atoms with van der Waals surface area (Å²) in [5.41, 5.74) is 13.0. The van der Waals surface area contributed by atoms with E-state index in [1.807, 2.05) is 6.07 Å². The maximum absolute atomic E-state index is 6.75. The lowest BCUT2D eigenvalue weighted by Gasteiger charge is -2.26. The average molecular weight is 752 g/mol. The maximum Gasteiger partial charge on any atom is 0.269 e. The summed E-state index contributed by atoms with van der Waals surface area (Å²) in [4.78, 5) is 0. The van der Waals surface area contributed by atoms with Crippen LogP contribution in [0.15, 0.2) is 127 Å². The number of imidazole rings is 1. The quantitative estimate of drug-likeness (QED) is 0.127. The van der Waals surface area contributed by atoms with E-state index in [1.165, 1.54) is 38.5 Å². The van der Waals surface area contributed by atoms with Crippen molar-refractivity contribution < 1.29 is 9.30 Å². The second kappa shape index (κ2) is 13.5. The Bertz CT molecular complexity index is 2770. The standard InChI is InChI=1S/C53H57N3O/c1-50(2,3)35-17-15-19-40(28-35)56-46-26-23-36(51(4,5)6)31-45(46)44-25-24-43(33-49(44)56)57-42-20-16-18-39(32-42)54-34-55(48-22-14-13-21-47(48)54)41-29-37(52(7,8)9)27-38(30-41)53(10,11)12/h13-33H,1-12H3. The lowest BCUT2D eigenvalue weighted by atomic mass is 9.80. The summed E-state index contributed by atoms with van der Waals surface area (Å²) in [6, 6.07) is 46.3. The van der Waals surface area contributed by atoms with Crippen LogP contribution in [0.2, 0.25) is 0 Å². The molecule has 8 rings (SSSR count). The van der Waals surface area contributed by atoms with Crippen LogP contribution in [0.4, 0.5) is 0 Å². The largest absolute Gasteiger partial charge is 0.458 e. The second-order valence-corrected chi connectivity index (χ2v) is 19.9. The van der Waals surface area contributed by atoms with Crippen molar-refractivity contribution in [3.8, 4) is 28.6 Å². The van der Waals surface area contributed by atoms with Crippen LogP contribution in [-0.2, 0) is 21.7 Å². The number of rotatable bonds is 5. The highest BCUT2D eigenvalue weighted by atomic mass is 16.5. The van der Waals surface area contributed by atoms with E-state index in [4.69, 9.17) is 4.74 Å². The van der Waals surface area contributed by atoms with Gasteiger partial charge in [-0.05, 0) is 111 Å². The molecule has 0 atom stereocenters. The van der Waals surface area contributed by atoms with Crippen LogP contribution in [0.3, 0.4) is 0 Å². The number of para-hydroxylation sites is 2. The van der Waals surface area contributed by atoms with Crippen molar-refractivity contribution >= 4 is 32.8 Å². The van der Waals surface area contributed by atoms with Gasteiger partial charge in [-0.2, -0.15) is 0 Å². The number of fused-ring (bicyclic) bond motifs is 4. The van der Waals surface area contributed by atoms with Gasteiger partial charge >= 0.3 is 0 Å². The Balaban J connectivity index is 1.23. The number of hydrogen-bond donors (Lipinski definition) is 0. The highest BCUT2D eigenvalue weighted by Gasteiger charge is 2.24. The molecule has 4 nitrogen and oxygen atoms in total. The van der Waals surface area contributed by atoms with E-state index in [0.29, 0.717) is 0 Å². The van der Waals surface area contributed by atoms with Crippen molar-refractivity contribution in [1.29, 1.82) is 0 Å². The molecule has 6 aromatic carbocycles. The van der Waals surface area contributed by atoms with Gasteiger partial charge in [0.05, 0.1) is 33.4 Å². The Morgan fingerprint density at radius 3 is 1.74 bits per heavy atom. The number of nitrogens with zero attached hydrogens (tertiary/aromatic N) is 3. The Morgan fingerprint density at radius 2 is 1.05 bits per heavy atom. The van der Waals surface area contributed by atoms with Crippen molar-refractivity contribution in [2.45, 2.75) is 105 Å². The highest BCUT2D eigenvalue weighted by molar-refractivity contribution is 6.10. The molecular weight excluding hydrogens is 695 g/mol. The SMILES string of the molecule is CC(C)(C)c1cccc(-n2c3ccc(C(C)(C)C)cc3c3ccc(Oc4cccc(-n5[c-][n+](-c6cc(C(C)(C)C)cc(C(C)(C)C)c6)c6ccccc65)c4)cc32)c1. The normalized spacial score (nSPS) is 12.9. The molecule has 0 amide bonds. The summed E-state index contributed by atoms with van der Waals surface area (Å²) in [6.07, 6.45) is 3.74. The molecule has 0 aliphatic carbocycles. The van der Waals surface area contributed by atoms with Gasteiger partial charge in [0.2, 0.25) is 0 Å². The first-order valence-corrected chi connectivity index (χ1v) is 20.3. The summed E-state index contributed by atoms with van der Waals surface area (Å²) in [5, 5.41) is 2.46. The topological polar surface area (TPSA) is 23.0 Å². The minimum Gasteiger partial charge on any atom is -0.458 e. The van der Waals surface area contributed by atoms with Gasteiger partial charge < -0.3 is 9.30 Å². The molecule has 290 valence electrons. The molecule has 0 spiro atoms. The second-order valence-electron chi connectivity index (χ2n) is 19.9. The lowest BCUT2D eigenvalue weighted by molar-refractivity contribution is -0.572. The van der Waals surface area contributed by atoms with E-state index in [9.17, 15) is 0 Å². The third kappa shape index (κ3) is 7.27. The van der Waals surface area contributed by atoms with Gasteiger partial charge in [0.15, 0.2) is 0 Å². The predicted molar refractivity (Wildman–Crippen MR) is 239 cm³/mol. The molecule has 0 radical (unpaired) electrons. The Labute approximate surface area is 339 Å². The molecule has 4 heteroatoms. The van der Waals surface area contributed by atoms with Crippen LogP contribution in [0.1, 0.15) is 105 Å². The van der Waals surface area contributed by atoms with Crippen LogP contribution in [0.5, 0.6) is 11.5 Å². The predicted octanol–water partition coefficient (Wildman–Crippen LogP) is 13.8. The van der Waals surface area contributed by atoms with Gasteiger partial charge in [0.1, 0.15) is 11.5 Å². The van der Waals surface area contributed by atoms with Crippen molar-refractivity contribution in [2.75, 3.05) is 0 Å². The zero-order valence-corrected chi connectivity index (χ0v) is 35.9. The molecular formula is C53H57N3O. The van der Waals surface area contributed by atoms with E-state index in [1.54, 1.807) is 0 Å². The Kier molecular flexibility index (Phi) is 9.07. The summed E-state index contributed by atoms with van der Waals surface area (Å²) in [7, 11) is 0. The van der Waals surface area contributed by atoms with E-state index >= 15 is 0 Å². The zero-order valence-electron chi connectivity index (χ0n) is 35.9. The van der Waals surface area contributed by atoms with Crippen molar-refractivity contribution in [2.24, 2.45) is 0 Å². The van der Waals surface area contributed by atoms with Crippen LogP contribution < -0.4 is 9.30 Å². The molecule has 0 unspecified atom stereocenters. The number of benzene rings is 6. The fourth-order valence-electron chi connectivity index (χ4n) is 7.79. The van der Waals surface area contributed by atoms with Gasteiger partial charge in [-0.25, -0.2) is 0 Å². The molecule has 0 bridgehead atoms. The van der Waals surface area contributed by atoms with Gasteiger partial charge in [-0.3, -0.25) is 9.13 Å². The van der Waals surface area contributed by atoms with Crippen molar-refractivity contribution in [3.05, 3.63) is 156 Å². The minimum absolute atomic E-state index is 0.00379. The Morgan fingerprint density at radius 1 is 0.439 bits per heavy atom. The molecule has 2 aromatic heterocycles. The first-order chi connectivity index (χ1) is 26.8. The zero-order chi connectivity index (χ0) is 40.7. The van der Waals surface area contributed by atoms with E-state index in [-0.39, 0.29) is 21.7 Å². The summed E-state index contributed by atoms with van der Waals surface area (Å²) < 4.78 is 13.5. The van der Waals surface area contributed by atoms with Crippen LogP contribution in [-0.4, -0.2) is 9.13 Å². The fourth-order valence-corrected chi connectivity index (χ4v) is 7.79. The molecule has 0 fully saturated rings. The van der Waals surface area contributed by atoms with Gasteiger partial charge in [0, 0.05) is 22.5 Å². The monoisotopic (exact) mass is 751 g/mol. The molecule has 0 saturated carbocycles. The third-order valence-corrected chi connectivity index (χ3v) is 11.4. The van der Waals surface area contributed by atoms with Crippen LogP contribution in [0, 0.1) is 6.33 Å². The first kappa shape index (κ1) is 38.3. The molecule has 0 aliphatic heterocycles. The van der Waals surface area contributed by atoms with Crippen LogP contribution >= 0.6 is 0 Å². The number of ether oxygens (including phenoxy) is 1. The molecule has 0 aliphatic rings. The van der Waals surface area contributed by atoms with Crippen LogP contribution in [0.25, 0.3) is 49.9 Å². The first-order valence-electron chi connectivity index (χ1n) is 20.3. The minimum atomic E-state index is 0.00379. The van der Waals surface area contributed by atoms with Gasteiger partial charge in [0.25, 0.3) is 6.33 Å². The maximum atomic E-state index is 6.75. The average Bonchev–Trinajstić information content (AvgIpc) is 3.69. The summed E-state index contributed by atoms with van der Waals surface area (Å²) in [5.74, 6) is 1.55. The van der Waals surface area contributed by atoms with Crippen molar-refractivity contribution in [1.82, 2.24) is 9.13 Å². The third-order valence-electron chi connectivity index (χ3n) is 11.4. The molecule has 0 saturated heterocycles. The summed E-state index contributed by atoms with van der Waals surface area (Å²) >= 11 is 0. The molecule has 8 aromatic rings. The number of aromatic nitrogens is 3. The highest BCUT2D eigenvalue weighted by Crippen LogP contribution is 2.39. The van der Waals surface area contributed by atoms with Gasteiger partial charge in [-0.1, -0.05) is 138 Å². The fraction of sp³-hybridized carbons (Fsp3) is 0.302. The number of hydrogen-bond acceptors (Lipinski definition) is 1. The van der Waals surface area contributed by atoms with E-state index < -0.39 is 0 Å². The van der Waals surface area contributed by atoms with Gasteiger partial charge in [-0.15, -0.1) is 0 Å². The smallest absolute Gasteiger partial charge is 0.269 e.